The smallest absolute Gasteiger partial charge is 0.238 e. The minimum absolute atomic E-state index is 0.0385. The highest BCUT2D eigenvalue weighted by Gasteiger charge is 2.14. The van der Waals surface area contributed by atoms with Crippen LogP contribution in [0.3, 0.4) is 0 Å². The van der Waals surface area contributed by atoms with Gasteiger partial charge in [-0.05, 0) is 37.5 Å². The van der Waals surface area contributed by atoms with Crippen molar-refractivity contribution in [1.29, 1.82) is 0 Å². The Balaban J connectivity index is 2.64. The molecule has 1 aromatic carbocycles. The van der Waals surface area contributed by atoms with Gasteiger partial charge in [-0.25, -0.2) is 13.6 Å². The molecule has 0 spiro atoms. The first-order valence-electron chi connectivity index (χ1n) is 7.50. The third-order valence-corrected chi connectivity index (χ3v) is 4.31. The monoisotopic (exact) mass is 330 g/mol. The van der Waals surface area contributed by atoms with Crippen molar-refractivity contribution in [3.63, 3.8) is 0 Å². The number of benzene rings is 1. The van der Waals surface area contributed by atoms with E-state index in [1.807, 2.05) is 19.9 Å². The number of nitrogens with one attached hydrogen (secondary N) is 1. The van der Waals surface area contributed by atoms with Gasteiger partial charge in [0.25, 0.3) is 0 Å². The highest BCUT2D eigenvalue weighted by molar-refractivity contribution is 7.89. The minimum Gasteiger partial charge on any atom is -0.392 e. The van der Waals surface area contributed by atoms with E-state index in [9.17, 15) is 13.5 Å². The average molecular weight is 330 g/mol. The van der Waals surface area contributed by atoms with Gasteiger partial charge in [0.1, 0.15) is 0 Å². The summed E-state index contributed by atoms with van der Waals surface area (Å²) in [5.74, 6) is 0. The lowest BCUT2D eigenvalue weighted by Crippen LogP contribution is -2.31. The van der Waals surface area contributed by atoms with E-state index in [0.717, 1.165) is 12.0 Å². The summed E-state index contributed by atoms with van der Waals surface area (Å²) < 4.78 is 28.0. The molecule has 0 saturated heterocycles. The van der Waals surface area contributed by atoms with E-state index < -0.39 is 16.1 Å². The fourth-order valence-corrected chi connectivity index (χ4v) is 2.72. The molecule has 0 bridgehead atoms. The SMILES string of the molecule is CCOCC[C@@H](O)CN[C@@H](CC)c1cccc(S(N)(=O)=O)c1. The maximum absolute atomic E-state index is 11.4. The van der Waals surface area contributed by atoms with Gasteiger partial charge in [0.15, 0.2) is 0 Å². The molecule has 7 heteroatoms. The maximum Gasteiger partial charge on any atom is 0.238 e. The molecule has 4 N–H and O–H groups in total. The molecule has 6 nitrogen and oxygen atoms in total. The van der Waals surface area contributed by atoms with Crippen molar-refractivity contribution >= 4 is 10.0 Å². The fourth-order valence-electron chi connectivity index (χ4n) is 2.15. The summed E-state index contributed by atoms with van der Waals surface area (Å²) in [5, 5.41) is 18.3. The lowest BCUT2D eigenvalue weighted by Gasteiger charge is -2.20. The molecule has 0 aromatic heterocycles. The second-order valence-corrected chi connectivity index (χ2v) is 6.69. The van der Waals surface area contributed by atoms with E-state index in [2.05, 4.69) is 5.32 Å². The molecule has 1 rings (SSSR count). The molecule has 0 heterocycles. The van der Waals surface area contributed by atoms with E-state index >= 15 is 0 Å². The molecule has 0 aliphatic rings. The Labute approximate surface area is 132 Å². The van der Waals surface area contributed by atoms with Crippen molar-refractivity contribution in [2.45, 2.75) is 43.7 Å². The van der Waals surface area contributed by atoms with Gasteiger partial charge in [-0.1, -0.05) is 19.1 Å². The van der Waals surface area contributed by atoms with Gasteiger partial charge in [0.2, 0.25) is 10.0 Å². The Morgan fingerprint density at radius 2 is 2.09 bits per heavy atom. The lowest BCUT2D eigenvalue weighted by atomic mass is 10.0. The van der Waals surface area contributed by atoms with E-state index in [1.165, 1.54) is 6.07 Å². The van der Waals surface area contributed by atoms with Crippen molar-refractivity contribution in [3.05, 3.63) is 29.8 Å². The number of rotatable bonds is 10. The standard InChI is InChI=1S/C15H26N2O4S/c1-3-15(17-11-13(18)8-9-21-4-2)12-6-5-7-14(10-12)22(16,19)20/h5-7,10,13,15,17-18H,3-4,8-9,11H2,1-2H3,(H2,16,19,20)/t13-,15+/m1/s1. The summed E-state index contributed by atoms with van der Waals surface area (Å²) in [6.07, 6.45) is 0.836. The van der Waals surface area contributed by atoms with Crippen LogP contribution in [-0.4, -0.2) is 39.4 Å². The lowest BCUT2D eigenvalue weighted by molar-refractivity contribution is 0.0865. The Hall–Kier alpha value is -0.990. The number of ether oxygens (including phenoxy) is 1. The summed E-state index contributed by atoms with van der Waals surface area (Å²) >= 11 is 0. The molecule has 0 aliphatic heterocycles. The van der Waals surface area contributed by atoms with Crippen LogP contribution in [0.4, 0.5) is 0 Å². The highest BCUT2D eigenvalue weighted by Crippen LogP contribution is 2.19. The Morgan fingerprint density at radius 3 is 2.68 bits per heavy atom. The Morgan fingerprint density at radius 1 is 1.36 bits per heavy atom. The number of primary sulfonamides is 1. The van der Waals surface area contributed by atoms with Gasteiger partial charge in [0, 0.05) is 25.8 Å². The van der Waals surface area contributed by atoms with Crippen LogP contribution in [-0.2, 0) is 14.8 Å². The van der Waals surface area contributed by atoms with Crippen LogP contribution in [0.2, 0.25) is 0 Å². The van der Waals surface area contributed by atoms with Gasteiger partial charge in [-0.2, -0.15) is 0 Å². The van der Waals surface area contributed by atoms with Gasteiger partial charge in [-0.15, -0.1) is 0 Å². The predicted molar refractivity (Wildman–Crippen MR) is 86.0 cm³/mol. The maximum atomic E-state index is 11.4. The van der Waals surface area contributed by atoms with E-state index in [1.54, 1.807) is 12.1 Å². The predicted octanol–water partition coefficient (Wildman–Crippen LogP) is 1.16. The number of nitrogens with two attached hydrogens (primary N) is 1. The van der Waals surface area contributed by atoms with Crippen molar-refractivity contribution in [2.75, 3.05) is 19.8 Å². The number of aliphatic hydroxyl groups excluding tert-OH is 1. The number of hydrogen-bond donors (Lipinski definition) is 3. The summed E-state index contributed by atoms with van der Waals surface area (Å²) in [6.45, 7) is 5.49. The van der Waals surface area contributed by atoms with Gasteiger partial charge in [-0.3, -0.25) is 0 Å². The van der Waals surface area contributed by atoms with Crippen molar-refractivity contribution in [2.24, 2.45) is 5.14 Å². The van der Waals surface area contributed by atoms with Crippen LogP contribution in [0.25, 0.3) is 0 Å². The van der Waals surface area contributed by atoms with Crippen LogP contribution < -0.4 is 10.5 Å². The molecule has 1 aromatic rings. The summed E-state index contributed by atoms with van der Waals surface area (Å²) in [4.78, 5) is 0.0992. The number of aliphatic hydroxyl groups is 1. The molecule has 0 unspecified atom stereocenters. The zero-order chi connectivity index (χ0) is 16.6. The molecule has 0 aliphatic carbocycles. The third kappa shape index (κ3) is 6.41. The number of hydrogen-bond acceptors (Lipinski definition) is 5. The third-order valence-electron chi connectivity index (χ3n) is 3.40. The fraction of sp³-hybridized carbons (Fsp3) is 0.600. The van der Waals surface area contributed by atoms with Gasteiger partial charge < -0.3 is 15.2 Å². The first kappa shape index (κ1) is 19.1. The molecule has 126 valence electrons. The molecule has 0 saturated carbocycles. The second kappa shape index (κ2) is 9.22. The molecule has 0 radical (unpaired) electrons. The average Bonchev–Trinajstić information content (AvgIpc) is 2.47. The Bertz CT molecular complexity index is 548. The van der Waals surface area contributed by atoms with Crippen LogP contribution in [0.15, 0.2) is 29.2 Å². The number of sulfonamides is 1. The zero-order valence-electron chi connectivity index (χ0n) is 13.2. The summed E-state index contributed by atoms with van der Waals surface area (Å²) in [7, 11) is -3.71. The molecular formula is C15H26N2O4S. The van der Waals surface area contributed by atoms with Crippen molar-refractivity contribution in [1.82, 2.24) is 5.32 Å². The van der Waals surface area contributed by atoms with Gasteiger partial charge >= 0.3 is 0 Å². The largest absolute Gasteiger partial charge is 0.392 e. The molecule has 2 atom stereocenters. The molecule has 22 heavy (non-hydrogen) atoms. The summed E-state index contributed by atoms with van der Waals surface area (Å²) in [5.41, 5.74) is 0.839. The molecular weight excluding hydrogens is 304 g/mol. The zero-order valence-corrected chi connectivity index (χ0v) is 14.0. The topological polar surface area (TPSA) is 102 Å². The van der Waals surface area contributed by atoms with E-state index in [4.69, 9.17) is 9.88 Å². The van der Waals surface area contributed by atoms with Crippen molar-refractivity contribution in [3.8, 4) is 0 Å². The summed E-state index contributed by atoms with van der Waals surface area (Å²) in [6, 6.07) is 6.53. The first-order valence-corrected chi connectivity index (χ1v) is 9.05. The molecule has 0 amide bonds. The van der Waals surface area contributed by atoms with Crippen molar-refractivity contribution < 1.29 is 18.3 Å². The van der Waals surface area contributed by atoms with Crippen LogP contribution in [0.1, 0.15) is 38.3 Å². The normalized spacial score (nSPS) is 14.7. The van der Waals surface area contributed by atoms with E-state index in [0.29, 0.717) is 26.2 Å². The quantitative estimate of drug-likeness (QED) is 0.559. The Kier molecular flexibility index (Phi) is 7.98. The van der Waals surface area contributed by atoms with Crippen LogP contribution in [0, 0.1) is 0 Å². The van der Waals surface area contributed by atoms with E-state index in [-0.39, 0.29) is 10.9 Å². The first-order chi connectivity index (χ1) is 10.4. The van der Waals surface area contributed by atoms with Crippen LogP contribution >= 0.6 is 0 Å². The minimum atomic E-state index is -3.71. The second-order valence-electron chi connectivity index (χ2n) is 5.13. The van der Waals surface area contributed by atoms with Gasteiger partial charge in [0.05, 0.1) is 11.0 Å². The molecule has 0 fully saturated rings. The van der Waals surface area contributed by atoms with Crippen LogP contribution in [0.5, 0.6) is 0 Å². The highest BCUT2D eigenvalue weighted by atomic mass is 32.2.